The molecule has 0 aromatic rings. The standard InChI is InChI=1S/C44H86NO8P/c1-3-5-7-9-11-13-15-17-19-20-21-23-25-27-29-31-33-35-37-44(48)51-40-42(46)41-53-54(49,50)52-39-38-45-43(47)36-34-32-30-28-26-24-22-18-16-14-12-10-8-6-4-2/h19-20,42,46H,3-18,21-41H2,1-2H3,(H,45,47)(H,49,50)/b20-19-. The highest BCUT2D eigenvalue weighted by molar-refractivity contribution is 7.47. The molecule has 0 spiro atoms. The Kier molecular flexibility index (Phi) is 40.4. The average Bonchev–Trinajstić information content (AvgIpc) is 3.16. The van der Waals surface area contributed by atoms with Crippen molar-refractivity contribution in [2.75, 3.05) is 26.4 Å². The van der Waals surface area contributed by atoms with Crippen LogP contribution in [0.25, 0.3) is 0 Å². The van der Waals surface area contributed by atoms with Gasteiger partial charge in [0, 0.05) is 19.4 Å². The number of hydrogen-bond donors (Lipinski definition) is 3. The van der Waals surface area contributed by atoms with Gasteiger partial charge in [-0.1, -0.05) is 187 Å². The van der Waals surface area contributed by atoms with Crippen LogP contribution in [0, 0.1) is 0 Å². The van der Waals surface area contributed by atoms with Crippen LogP contribution in [-0.2, 0) is 27.9 Å². The summed E-state index contributed by atoms with van der Waals surface area (Å²) in [5.41, 5.74) is 0. The highest BCUT2D eigenvalue weighted by atomic mass is 31.2. The molecule has 0 aromatic carbocycles. The first-order valence-electron chi connectivity index (χ1n) is 22.7. The normalized spacial score (nSPS) is 13.3. The van der Waals surface area contributed by atoms with E-state index in [4.69, 9.17) is 13.8 Å². The van der Waals surface area contributed by atoms with Crippen LogP contribution >= 0.6 is 7.82 Å². The summed E-state index contributed by atoms with van der Waals surface area (Å²) >= 11 is 0. The Balaban J connectivity index is 3.56. The summed E-state index contributed by atoms with van der Waals surface area (Å²) in [7, 11) is -4.41. The van der Waals surface area contributed by atoms with E-state index in [9.17, 15) is 24.2 Å². The Morgan fingerprint density at radius 2 is 0.944 bits per heavy atom. The Labute approximate surface area is 332 Å². The molecule has 1 amide bonds. The van der Waals surface area contributed by atoms with Crippen molar-refractivity contribution in [1.82, 2.24) is 5.32 Å². The molecule has 0 heterocycles. The number of unbranched alkanes of at least 4 members (excludes halogenated alkanes) is 28. The van der Waals surface area contributed by atoms with Crippen molar-refractivity contribution in [2.45, 2.75) is 232 Å². The number of phosphoric ester groups is 1. The highest BCUT2D eigenvalue weighted by Gasteiger charge is 2.23. The molecule has 320 valence electrons. The first kappa shape index (κ1) is 52.8. The van der Waals surface area contributed by atoms with Gasteiger partial charge in [0.05, 0.1) is 13.2 Å². The maximum Gasteiger partial charge on any atom is 0.472 e. The minimum Gasteiger partial charge on any atom is -0.463 e. The van der Waals surface area contributed by atoms with Crippen LogP contribution in [0.1, 0.15) is 226 Å². The number of hydrogen-bond acceptors (Lipinski definition) is 7. The molecule has 0 aromatic heterocycles. The number of carbonyl (C=O) groups excluding carboxylic acids is 2. The van der Waals surface area contributed by atoms with Gasteiger partial charge in [0.2, 0.25) is 5.91 Å². The van der Waals surface area contributed by atoms with E-state index in [2.05, 4.69) is 31.3 Å². The van der Waals surface area contributed by atoms with Crippen LogP contribution in [0.3, 0.4) is 0 Å². The predicted molar refractivity (Wildman–Crippen MR) is 225 cm³/mol. The maximum absolute atomic E-state index is 12.1. The molecule has 9 nitrogen and oxygen atoms in total. The van der Waals surface area contributed by atoms with Gasteiger partial charge >= 0.3 is 13.8 Å². The van der Waals surface area contributed by atoms with Crippen molar-refractivity contribution in [1.29, 1.82) is 0 Å². The summed E-state index contributed by atoms with van der Waals surface area (Å²) in [5, 5.41) is 12.7. The topological polar surface area (TPSA) is 131 Å². The van der Waals surface area contributed by atoms with E-state index in [0.717, 1.165) is 38.5 Å². The zero-order valence-corrected chi connectivity index (χ0v) is 36.1. The van der Waals surface area contributed by atoms with E-state index in [-0.39, 0.29) is 32.1 Å². The molecule has 0 rings (SSSR count). The fraction of sp³-hybridized carbons (Fsp3) is 0.909. The number of allylic oxidation sites excluding steroid dienone is 2. The van der Waals surface area contributed by atoms with Gasteiger partial charge in [-0.3, -0.25) is 18.6 Å². The monoisotopic (exact) mass is 788 g/mol. The quantitative estimate of drug-likeness (QED) is 0.0241. The fourth-order valence-electron chi connectivity index (χ4n) is 6.49. The Hall–Kier alpha value is -1.25. The zero-order chi connectivity index (χ0) is 39.6. The molecule has 0 fully saturated rings. The summed E-state index contributed by atoms with van der Waals surface area (Å²) in [6.07, 6.45) is 42.8. The van der Waals surface area contributed by atoms with Gasteiger partial charge in [-0.15, -0.1) is 0 Å². The van der Waals surface area contributed by atoms with Crippen LogP contribution < -0.4 is 5.32 Å². The summed E-state index contributed by atoms with van der Waals surface area (Å²) in [6.45, 7) is 3.58. The van der Waals surface area contributed by atoms with Gasteiger partial charge in [-0.2, -0.15) is 0 Å². The van der Waals surface area contributed by atoms with Gasteiger partial charge < -0.3 is 20.1 Å². The first-order chi connectivity index (χ1) is 26.3. The first-order valence-corrected chi connectivity index (χ1v) is 24.2. The van der Waals surface area contributed by atoms with Crippen LogP contribution in [0.5, 0.6) is 0 Å². The van der Waals surface area contributed by atoms with Crippen LogP contribution in [0.4, 0.5) is 0 Å². The lowest BCUT2D eigenvalue weighted by molar-refractivity contribution is -0.147. The minimum absolute atomic E-state index is 0.0860. The van der Waals surface area contributed by atoms with E-state index in [1.54, 1.807) is 0 Å². The smallest absolute Gasteiger partial charge is 0.463 e. The molecule has 10 heteroatoms. The van der Waals surface area contributed by atoms with Crippen LogP contribution in [0.15, 0.2) is 12.2 Å². The molecule has 2 unspecified atom stereocenters. The lowest BCUT2D eigenvalue weighted by atomic mass is 10.0. The maximum atomic E-state index is 12.1. The predicted octanol–water partition coefficient (Wildman–Crippen LogP) is 12.6. The molecule has 0 aliphatic rings. The highest BCUT2D eigenvalue weighted by Crippen LogP contribution is 2.42. The molecule has 0 saturated carbocycles. The van der Waals surface area contributed by atoms with Crippen molar-refractivity contribution in [2.24, 2.45) is 0 Å². The summed E-state index contributed by atoms with van der Waals surface area (Å²) in [6, 6.07) is 0. The van der Waals surface area contributed by atoms with Crippen molar-refractivity contribution in [3.05, 3.63) is 12.2 Å². The van der Waals surface area contributed by atoms with Gasteiger partial charge in [-0.25, -0.2) is 4.57 Å². The van der Waals surface area contributed by atoms with Crippen molar-refractivity contribution >= 4 is 19.7 Å². The molecule has 0 radical (unpaired) electrons. The van der Waals surface area contributed by atoms with E-state index in [1.165, 1.54) is 161 Å². The second kappa shape index (κ2) is 41.4. The van der Waals surface area contributed by atoms with Crippen molar-refractivity contribution < 1.29 is 37.9 Å². The molecule has 0 aliphatic heterocycles. The van der Waals surface area contributed by atoms with Gasteiger partial charge in [0.1, 0.15) is 12.7 Å². The Morgan fingerprint density at radius 3 is 1.39 bits per heavy atom. The molecular formula is C44H86NO8P. The van der Waals surface area contributed by atoms with E-state index in [0.29, 0.717) is 6.42 Å². The average molecular weight is 788 g/mol. The number of nitrogens with one attached hydrogen (secondary N) is 1. The van der Waals surface area contributed by atoms with E-state index in [1.807, 2.05) is 0 Å². The zero-order valence-electron chi connectivity index (χ0n) is 35.2. The van der Waals surface area contributed by atoms with Gasteiger partial charge in [0.25, 0.3) is 0 Å². The summed E-state index contributed by atoms with van der Waals surface area (Å²) < 4.78 is 26.9. The number of amides is 1. The lowest BCUT2D eigenvalue weighted by Gasteiger charge is -2.15. The second-order valence-corrected chi connectivity index (χ2v) is 16.8. The summed E-state index contributed by atoms with van der Waals surface area (Å²) in [5.74, 6) is -0.511. The van der Waals surface area contributed by atoms with Crippen molar-refractivity contribution in [3.63, 3.8) is 0 Å². The molecule has 0 bridgehead atoms. The van der Waals surface area contributed by atoms with E-state index < -0.39 is 26.5 Å². The Morgan fingerprint density at radius 1 is 0.556 bits per heavy atom. The van der Waals surface area contributed by atoms with E-state index >= 15 is 0 Å². The second-order valence-electron chi connectivity index (χ2n) is 15.4. The molecule has 3 N–H and O–H groups in total. The summed E-state index contributed by atoms with van der Waals surface area (Å²) in [4.78, 5) is 33.9. The van der Waals surface area contributed by atoms with Gasteiger partial charge in [-0.05, 0) is 38.5 Å². The van der Waals surface area contributed by atoms with Crippen LogP contribution in [-0.4, -0.2) is 54.3 Å². The number of rotatable bonds is 43. The third kappa shape index (κ3) is 41.9. The molecule has 0 saturated heterocycles. The molecular weight excluding hydrogens is 701 g/mol. The Bertz CT molecular complexity index is 902. The van der Waals surface area contributed by atoms with Crippen molar-refractivity contribution in [3.8, 4) is 0 Å². The molecule has 54 heavy (non-hydrogen) atoms. The van der Waals surface area contributed by atoms with Gasteiger partial charge in [0.15, 0.2) is 0 Å². The van der Waals surface area contributed by atoms with Crippen LogP contribution in [0.2, 0.25) is 0 Å². The SMILES string of the molecule is CCCCCCCCC/C=C\CCCCCCCCCC(=O)OCC(O)COP(=O)(O)OCCNC(=O)CCCCCCCCCCCCCCCCC. The third-order valence-corrected chi connectivity index (χ3v) is 10.9. The third-order valence-electron chi connectivity index (χ3n) is 9.95. The lowest BCUT2D eigenvalue weighted by Crippen LogP contribution is -2.27. The number of aliphatic hydroxyl groups excluding tert-OH is 1. The fourth-order valence-corrected chi connectivity index (χ4v) is 7.25. The number of esters is 1. The largest absolute Gasteiger partial charge is 0.472 e. The number of ether oxygens (including phenoxy) is 1. The molecule has 2 atom stereocenters. The number of carbonyl (C=O) groups is 2. The minimum atomic E-state index is -4.41. The number of phosphoric acid groups is 1. The number of aliphatic hydroxyl groups is 1. The molecule has 0 aliphatic carbocycles.